The number of nitrogens with zero attached hydrogens (tertiary/aromatic N) is 2. The van der Waals surface area contributed by atoms with Crippen LogP contribution in [0, 0.1) is 16.7 Å². The summed E-state index contributed by atoms with van der Waals surface area (Å²) in [5, 5.41) is 13.4. The molecular formula is C24H23N3O. The first-order chi connectivity index (χ1) is 13.6. The van der Waals surface area contributed by atoms with E-state index < -0.39 is 0 Å². The molecule has 3 aliphatic carbocycles. The van der Waals surface area contributed by atoms with Crippen molar-refractivity contribution in [3.05, 3.63) is 71.4 Å². The molecule has 3 saturated carbocycles. The number of para-hydroxylation sites is 1. The number of carbonyl (C=O) groups is 1. The summed E-state index contributed by atoms with van der Waals surface area (Å²) in [6.07, 6.45) is 6.64. The van der Waals surface area contributed by atoms with Crippen molar-refractivity contribution in [3.8, 4) is 6.07 Å². The van der Waals surface area contributed by atoms with Crippen molar-refractivity contribution in [1.82, 2.24) is 9.88 Å². The van der Waals surface area contributed by atoms with Crippen molar-refractivity contribution in [2.45, 2.75) is 44.7 Å². The number of hydrogen-bond acceptors (Lipinski definition) is 2. The number of amides is 1. The Morgan fingerprint density at radius 2 is 1.89 bits per heavy atom. The average molecular weight is 369 g/mol. The largest absolute Gasteiger partial charge is 0.346 e. The van der Waals surface area contributed by atoms with E-state index in [1.165, 1.54) is 6.42 Å². The van der Waals surface area contributed by atoms with Crippen LogP contribution in [0.1, 0.15) is 54.1 Å². The second kappa shape index (κ2) is 5.97. The fourth-order valence-electron chi connectivity index (χ4n) is 5.27. The zero-order valence-corrected chi connectivity index (χ0v) is 16.0. The van der Waals surface area contributed by atoms with Crippen LogP contribution in [0.3, 0.4) is 0 Å². The lowest BCUT2D eigenvalue weighted by Gasteiger charge is -2.70. The minimum absolute atomic E-state index is 0.0368. The third kappa shape index (κ3) is 2.54. The van der Waals surface area contributed by atoms with Gasteiger partial charge in [-0.05, 0) is 54.5 Å². The molecule has 3 aliphatic rings. The van der Waals surface area contributed by atoms with Crippen molar-refractivity contribution < 1.29 is 4.79 Å². The Labute approximate surface area is 164 Å². The molecule has 3 aromatic rings. The summed E-state index contributed by atoms with van der Waals surface area (Å²) in [5.74, 6) is 0.0368. The molecule has 0 radical (unpaired) electrons. The first-order valence-electron chi connectivity index (χ1n) is 9.95. The normalized spacial score (nSPS) is 24.9. The number of rotatable bonds is 5. The second-order valence-electron chi connectivity index (χ2n) is 8.61. The van der Waals surface area contributed by atoms with E-state index in [4.69, 9.17) is 5.26 Å². The highest BCUT2D eigenvalue weighted by Gasteiger charge is 2.67. The Morgan fingerprint density at radius 1 is 1.14 bits per heavy atom. The minimum Gasteiger partial charge on any atom is -0.346 e. The van der Waals surface area contributed by atoms with E-state index in [0.29, 0.717) is 17.5 Å². The number of nitrogens with one attached hydrogen (secondary N) is 1. The lowest BCUT2D eigenvalue weighted by Crippen LogP contribution is -2.74. The third-order valence-electron chi connectivity index (χ3n) is 6.74. The van der Waals surface area contributed by atoms with Gasteiger partial charge in [-0.1, -0.05) is 37.6 Å². The van der Waals surface area contributed by atoms with Gasteiger partial charge in [0.25, 0.3) is 5.91 Å². The average Bonchev–Trinajstić information content (AvgIpc) is 3.07. The zero-order valence-electron chi connectivity index (χ0n) is 16.0. The second-order valence-corrected chi connectivity index (χ2v) is 8.61. The third-order valence-corrected chi connectivity index (χ3v) is 6.74. The van der Waals surface area contributed by atoms with Crippen molar-refractivity contribution >= 4 is 16.8 Å². The van der Waals surface area contributed by atoms with Crippen LogP contribution < -0.4 is 5.32 Å². The van der Waals surface area contributed by atoms with Crippen LogP contribution in [-0.4, -0.2) is 16.0 Å². The quantitative estimate of drug-likeness (QED) is 0.713. The SMILES string of the molecule is CCC12CC(NC(=O)c3cccc4ccn(Cc5ccc(C#N)cc5)c34)(C1)C2. The maximum Gasteiger partial charge on any atom is 0.253 e. The van der Waals surface area contributed by atoms with Crippen LogP contribution in [0.5, 0.6) is 0 Å². The Kier molecular flexibility index (Phi) is 3.64. The molecule has 3 fully saturated rings. The fourth-order valence-corrected chi connectivity index (χ4v) is 5.27. The van der Waals surface area contributed by atoms with E-state index in [2.05, 4.69) is 35.0 Å². The Morgan fingerprint density at radius 3 is 2.57 bits per heavy atom. The molecule has 0 atom stereocenters. The van der Waals surface area contributed by atoms with Gasteiger partial charge in [-0.2, -0.15) is 5.26 Å². The molecule has 0 spiro atoms. The van der Waals surface area contributed by atoms with Crippen molar-refractivity contribution in [3.63, 3.8) is 0 Å². The number of hydrogen-bond donors (Lipinski definition) is 1. The summed E-state index contributed by atoms with van der Waals surface area (Å²) in [7, 11) is 0. The van der Waals surface area contributed by atoms with Crippen LogP contribution in [0.2, 0.25) is 0 Å². The summed E-state index contributed by atoms with van der Waals surface area (Å²) < 4.78 is 2.13. The Bertz CT molecular complexity index is 1100. The molecule has 1 N–H and O–H groups in total. The molecule has 1 amide bonds. The van der Waals surface area contributed by atoms with E-state index in [1.54, 1.807) is 0 Å². The number of aromatic nitrogens is 1. The van der Waals surface area contributed by atoms with Gasteiger partial charge in [0.2, 0.25) is 0 Å². The molecule has 140 valence electrons. The van der Waals surface area contributed by atoms with Crippen molar-refractivity contribution in [2.24, 2.45) is 5.41 Å². The van der Waals surface area contributed by atoms with Crippen LogP contribution in [0.25, 0.3) is 10.9 Å². The fraction of sp³-hybridized carbons (Fsp3) is 0.333. The monoisotopic (exact) mass is 369 g/mol. The Balaban J connectivity index is 1.42. The summed E-state index contributed by atoms with van der Waals surface area (Å²) in [6, 6.07) is 17.8. The predicted molar refractivity (Wildman–Crippen MR) is 109 cm³/mol. The summed E-state index contributed by atoms with van der Waals surface area (Å²) in [5.41, 5.74) is 4.03. The first-order valence-corrected chi connectivity index (χ1v) is 9.95. The standard InChI is InChI=1S/C24H23N3O/c1-2-23-14-24(15-23,16-23)26-22(28)20-5-3-4-19-10-11-27(21(19)20)13-18-8-6-17(12-25)7-9-18/h3-11H,2,13-16H2,1H3,(H,26,28). The van der Waals surface area contributed by atoms with Crippen LogP contribution in [0.4, 0.5) is 0 Å². The molecule has 6 rings (SSSR count). The number of carbonyl (C=O) groups excluding carboxylic acids is 1. The first kappa shape index (κ1) is 17.1. The van der Waals surface area contributed by atoms with Gasteiger partial charge >= 0.3 is 0 Å². The molecule has 0 saturated heterocycles. The highest BCUT2D eigenvalue weighted by molar-refractivity contribution is 6.06. The van der Waals surface area contributed by atoms with Gasteiger partial charge in [0.1, 0.15) is 0 Å². The minimum atomic E-state index is 0.0368. The maximum atomic E-state index is 13.1. The lowest BCUT2D eigenvalue weighted by molar-refractivity contribution is -0.149. The predicted octanol–water partition coefficient (Wildman–Crippen LogP) is 4.62. The van der Waals surface area contributed by atoms with E-state index >= 15 is 0 Å². The van der Waals surface area contributed by atoms with Crippen LogP contribution >= 0.6 is 0 Å². The summed E-state index contributed by atoms with van der Waals surface area (Å²) >= 11 is 0. The lowest BCUT2D eigenvalue weighted by atomic mass is 9.38. The van der Waals surface area contributed by atoms with Gasteiger partial charge < -0.3 is 9.88 Å². The topological polar surface area (TPSA) is 57.8 Å². The molecule has 4 heteroatoms. The molecular weight excluding hydrogens is 346 g/mol. The number of nitriles is 1. The van der Waals surface area contributed by atoms with Crippen LogP contribution in [0.15, 0.2) is 54.7 Å². The van der Waals surface area contributed by atoms with E-state index in [9.17, 15) is 4.79 Å². The highest BCUT2D eigenvalue weighted by Crippen LogP contribution is 2.68. The van der Waals surface area contributed by atoms with Crippen LogP contribution in [-0.2, 0) is 6.54 Å². The van der Waals surface area contributed by atoms with Gasteiger partial charge in [0.15, 0.2) is 0 Å². The summed E-state index contributed by atoms with van der Waals surface area (Å²) in [6.45, 7) is 2.92. The van der Waals surface area contributed by atoms with Crippen molar-refractivity contribution in [2.75, 3.05) is 0 Å². The smallest absolute Gasteiger partial charge is 0.253 e. The van der Waals surface area contributed by atoms with Gasteiger partial charge in [-0.15, -0.1) is 0 Å². The van der Waals surface area contributed by atoms with Gasteiger partial charge in [-0.25, -0.2) is 0 Å². The molecule has 1 heterocycles. The molecule has 2 bridgehead atoms. The number of benzene rings is 2. The zero-order chi connectivity index (χ0) is 19.4. The van der Waals surface area contributed by atoms with E-state index in [1.807, 2.05) is 42.6 Å². The molecule has 4 nitrogen and oxygen atoms in total. The molecule has 0 aliphatic heterocycles. The molecule has 1 aromatic heterocycles. The Hall–Kier alpha value is -3.06. The van der Waals surface area contributed by atoms with E-state index in [0.717, 1.165) is 41.3 Å². The maximum absolute atomic E-state index is 13.1. The molecule has 2 aromatic carbocycles. The van der Waals surface area contributed by atoms with Gasteiger partial charge in [-0.3, -0.25) is 4.79 Å². The van der Waals surface area contributed by atoms with Gasteiger partial charge in [0.05, 0.1) is 22.7 Å². The van der Waals surface area contributed by atoms with Gasteiger partial charge in [0, 0.05) is 23.7 Å². The number of fused-ring (bicyclic) bond motifs is 1. The van der Waals surface area contributed by atoms with E-state index in [-0.39, 0.29) is 11.4 Å². The molecule has 28 heavy (non-hydrogen) atoms. The molecule has 0 unspecified atom stereocenters. The highest BCUT2D eigenvalue weighted by atomic mass is 16.1. The summed E-state index contributed by atoms with van der Waals surface area (Å²) in [4.78, 5) is 13.1. The van der Waals surface area contributed by atoms with Crippen molar-refractivity contribution in [1.29, 1.82) is 5.26 Å².